The molecule has 0 spiro atoms. The molecule has 1 aliphatic rings. The number of nitriles is 1. The van der Waals surface area contributed by atoms with E-state index in [0.717, 1.165) is 26.1 Å². The largest absolute Gasteiger partial charge is 0.299 e. The highest BCUT2D eigenvalue weighted by Crippen LogP contribution is 2.23. The maximum absolute atomic E-state index is 13.0. The van der Waals surface area contributed by atoms with Crippen LogP contribution in [0, 0.1) is 17.2 Å². The highest BCUT2D eigenvalue weighted by Gasteiger charge is 2.20. The van der Waals surface area contributed by atoms with Gasteiger partial charge in [-0.1, -0.05) is 50.4 Å². The van der Waals surface area contributed by atoms with Gasteiger partial charge in [-0.25, -0.2) is 4.98 Å². The van der Waals surface area contributed by atoms with Gasteiger partial charge in [-0.15, -0.1) is 0 Å². The van der Waals surface area contributed by atoms with Crippen LogP contribution < -0.4 is 10.4 Å². The number of amides is 1. The Kier molecular flexibility index (Phi) is 8.21. The van der Waals surface area contributed by atoms with Crippen molar-refractivity contribution in [3.05, 3.63) is 52.4 Å². The zero-order valence-corrected chi connectivity index (χ0v) is 18.9. The van der Waals surface area contributed by atoms with Gasteiger partial charge in [0.25, 0.3) is 5.91 Å². The van der Waals surface area contributed by atoms with Crippen LogP contribution in [0.5, 0.6) is 0 Å². The molecule has 8 heteroatoms. The summed E-state index contributed by atoms with van der Waals surface area (Å²) in [6.45, 7) is 7.85. The SMILES string of the molecule is CCC(C)CN(NC(=O)c1ccc(CN2CCCCC2)cc1)c1nc(C#N)ncc1Cl. The Morgan fingerprint density at radius 1 is 1.29 bits per heavy atom. The van der Waals surface area contributed by atoms with Gasteiger partial charge in [0.05, 0.1) is 6.20 Å². The number of aromatic nitrogens is 2. The molecular weight excluding hydrogens is 412 g/mol. The summed E-state index contributed by atoms with van der Waals surface area (Å²) in [6, 6.07) is 9.62. The van der Waals surface area contributed by atoms with Crippen LogP contribution in [0.25, 0.3) is 0 Å². The van der Waals surface area contributed by atoms with E-state index in [2.05, 4.69) is 34.1 Å². The molecule has 1 unspecified atom stereocenters. The van der Waals surface area contributed by atoms with Crippen LogP contribution in [-0.2, 0) is 6.54 Å². The van der Waals surface area contributed by atoms with E-state index in [1.807, 2.05) is 30.3 Å². The molecule has 0 saturated carbocycles. The van der Waals surface area contributed by atoms with E-state index in [-0.39, 0.29) is 22.7 Å². The first kappa shape index (κ1) is 23.0. The molecule has 3 rings (SSSR count). The van der Waals surface area contributed by atoms with E-state index in [9.17, 15) is 4.79 Å². The predicted octanol–water partition coefficient (Wildman–Crippen LogP) is 4.19. The molecule has 1 aliphatic heterocycles. The third-order valence-electron chi connectivity index (χ3n) is 5.58. The molecule has 1 aromatic heterocycles. The lowest BCUT2D eigenvalue weighted by molar-refractivity contribution is 0.0947. The number of benzene rings is 1. The fourth-order valence-electron chi connectivity index (χ4n) is 3.55. The van der Waals surface area contributed by atoms with Crippen molar-refractivity contribution < 1.29 is 4.79 Å². The fourth-order valence-corrected chi connectivity index (χ4v) is 3.74. The fraction of sp³-hybridized carbons (Fsp3) is 0.478. The van der Waals surface area contributed by atoms with Gasteiger partial charge in [0.15, 0.2) is 5.82 Å². The maximum atomic E-state index is 13.0. The highest BCUT2D eigenvalue weighted by molar-refractivity contribution is 6.32. The molecule has 31 heavy (non-hydrogen) atoms. The van der Waals surface area contributed by atoms with E-state index in [1.54, 1.807) is 5.01 Å². The van der Waals surface area contributed by atoms with Gasteiger partial charge >= 0.3 is 0 Å². The zero-order chi connectivity index (χ0) is 22.2. The van der Waals surface area contributed by atoms with Crippen molar-refractivity contribution in [3.63, 3.8) is 0 Å². The topological polar surface area (TPSA) is 85.2 Å². The number of likely N-dealkylation sites (tertiary alicyclic amines) is 1. The first-order valence-corrected chi connectivity index (χ1v) is 11.2. The molecule has 1 fully saturated rings. The second-order valence-corrected chi connectivity index (χ2v) is 8.48. The number of nitrogens with zero attached hydrogens (tertiary/aromatic N) is 5. The van der Waals surface area contributed by atoms with E-state index in [4.69, 9.17) is 16.9 Å². The molecule has 1 N–H and O–H groups in total. The summed E-state index contributed by atoms with van der Waals surface area (Å²) in [4.78, 5) is 23.5. The van der Waals surface area contributed by atoms with Crippen LogP contribution in [0.2, 0.25) is 5.02 Å². The first-order valence-electron chi connectivity index (χ1n) is 10.8. The van der Waals surface area contributed by atoms with E-state index in [1.165, 1.54) is 31.0 Å². The van der Waals surface area contributed by atoms with Crippen molar-refractivity contribution in [1.82, 2.24) is 20.3 Å². The molecule has 1 atom stereocenters. The van der Waals surface area contributed by atoms with Crippen LogP contribution in [0.3, 0.4) is 0 Å². The van der Waals surface area contributed by atoms with Crippen LogP contribution in [0.4, 0.5) is 5.82 Å². The zero-order valence-electron chi connectivity index (χ0n) is 18.1. The maximum Gasteiger partial charge on any atom is 0.269 e. The average Bonchev–Trinajstić information content (AvgIpc) is 2.80. The summed E-state index contributed by atoms with van der Waals surface area (Å²) in [6.07, 6.45) is 6.13. The van der Waals surface area contributed by atoms with Crippen molar-refractivity contribution in [2.75, 3.05) is 24.6 Å². The molecule has 164 valence electrons. The number of rotatable bonds is 8. The Morgan fingerprint density at radius 3 is 2.65 bits per heavy atom. The quantitative estimate of drug-likeness (QED) is 0.619. The number of hydrogen-bond donors (Lipinski definition) is 1. The van der Waals surface area contributed by atoms with Gasteiger partial charge in [-0.05, 0) is 49.5 Å². The highest BCUT2D eigenvalue weighted by atomic mass is 35.5. The van der Waals surface area contributed by atoms with E-state index >= 15 is 0 Å². The minimum atomic E-state index is -0.249. The molecule has 1 saturated heterocycles. The van der Waals surface area contributed by atoms with Crippen LogP contribution >= 0.6 is 11.6 Å². The number of hydrazine groups is 1. The van der Waals surface area contributed by atoms with Crippen molar-refractivity contribution in [1.29, 1.82) is 5.26 Å². The summed E-state index contributed by atoms with van der Waals surface area (Å²) in [7, 11) is 0. The van der Waals surface area contributed by atoms with Crippen LogP contribution in [0.15, 0.2) is 30.5 Å². The number of halogens is 1. The average molecular weight is 441 g/mol. The lowest BCUT2D eigenvalue weighted by atomic mass is 10.1. The summed E-state index contributed by atoms with van der Waals surface area (Å²) in [5, 5.41) is 11.0. The van der Waals surface area contributed by atoms with Crippen molar-refractivity contribution in [3.8, 4) is 6.07 Å². The summed E-state index contributed by atoms with van der Waals surface area (Å²) >= 11 is 6.29. The third kappa shape index (κ3) is 6.39. The van der Waals surface area contributed by atoms with Crippen molar-refractivity contribution in [2.45, 2.75) is 46.1 Å². The van der Waals surface area contributed by atoms with E-state index < -0.39 is 0 Å². The normalized spacial score (nSPS) is 15.2. The molecule has 0 bridgehead atoms. The number of piperidine rings is 1. The van der Waals surface area contributed by atoms with Crippen LogP contribution in [0.1, 0.15) is 61.3 Å². The van der Waals surface area contributed by atoms with Crippen molar-refractivity contribution in [2.24, 2.45) is 5.92 Å². The van der Waals surface area contributed by atoms with Gasteiger partial charge in [0.1, 0.15) is 11.1 Å². The standard InChI is InChI=1S/C23H29ClN6O/c1-3-17(2)15-30(22-20(24)14-26-21(13-25)27-22)28-23(31)19-9-7-18(8-10-19)16-29-11-5-4-6-12-29/h7-10,14,17H,3-6,11-12,15-16H2,1-2H3,(H,28,31). The second kappa shape index (κ2) is 11.1. The molecule has 1 amide bonds. The molecule has 1 aromatic carbocycles. The minimum Gasteiger partial charge on any atom is -0.299 e. The molecule has 2 heterocycles. The number of carbonyl (C=O) groups excluding carboxylic acids is 1. The molecular formula is C23H29ClN6O. The summed E-state index contributed by atoms with van der Waals surface area (Å²) < 4.78 is 0. The molecule has 0 radical (unpaired) electrons. The second-order valence-electron chi connectivity index (χ2n) is 8.08. The van der Waals surface area contributed by atoms with Crippen LogP contribution in [-0.4, -0.2) is 40.4 Å². The van der Waals surface area contributed by atoms with Gasteiger partial charge in [0.2, 0.25) is 5.82 Å². The summed E-state index contributed by atoms with van der Waals surface area (Å²) in [5.74, 6) is 0.359. The van der Waals surface area contributed by atoms with Crippen molar-refractivity contribution >= 4 is 23.3 Å². The number of nitrogens with one attached hydrogen (secondary N) is 1. The third-order valence-corrected chi connectivity index (χ3v) is 5.85. The van der Waals surface area contributed by atoms with E-state index in [0.29, 0.717) is 17.9 Å². The molecule has 0 aliphatic carbocycles. The molecule has 2 aromatic rings. The predicted molar refractivity (Wildman–Crippen MR) is 122 cm³/mol. The summed E-state index contributed by atoms with van der Waals surface area (Å²) in [5.41, 5.74) is 4.67. The Morgan fingerprint density at radius 2 is 2.00 bits per heavy atom. The minimum absolute atomic E-state index is 0.00451. The Balaban J connectivity index is 1.73. The monoisotopic (exact) mass is 440 g/mol. The number of anilines is 1. The van der Waals surface area contributed by atoms with Gasteiger partial charge in [-0.2, -0.15) is 10.2 Å². The Labute approximate surface area is 189 Å². The van der Waals surface area contributed by atoms with Gasteiger partial charge in [-0.3, -0.25) is 20.1 Å². The first-order chi connectivity index (χ1) is 15.0. The number of carbonyl (C=O) groups is 1. The number of hydrogen-bond acceptors (Lipinski definition) is 6. The van der Waals surface area contributed by atoms with Gasteiger partial charge < -0.3 is 0 Å². The van der Waals surface area contributed by atoms with Gasteiger partial charge in [0, 0.05) is 18.7 Å². The Hall–Kier alpha value is -2.69. The Bertz CT molecular complexity index is 921. The molecule has 7 nitrogen and oxygen atoms in total. The lowest BCUT2D eigenvalue weighted by Gasteiger charge is -2.28. The lowest BCUT2D eigenvalue weighted by Crippen LogP contribution is -2.45. The smallest absolute Gasteiger partial charge is 0.269 e.